The fourth-order valence-electron chi connectivity index (χ4n) is 1.39. The number of carbonyl (C=O) groups excluding carboxylic acids is 2. The van der Waals surface area contributed by atoms with Crippen molar-refractivity contribution in [3.05, 3.63) is 0 Å². The Morgan fingerprint density at radius 1 is 1.54 bits per heavy atom. The summed E-state index contributed by atoms with van der Waals surface area (Å²) in [6.45, 7) is 3.35. The van der Waals surface area contributed by atoms with E-state index in [-0.39, 0.29) is 17.9 Å². The Hall–Kier alpha value is -1.10. The van der Waals surface area contributed by atoms with Gasteiger partial charge in [-0.1, -0.05) is 0 Å². The first-order chi connectivity index (χ1) is 6.15. The minimum Gasteiger partial charge on any atom is -0.358 e. The fraction of sp³-hybridized carbons (Fsp3) is 0.750. The van der Waals surface area contributed by atoms with Gasteiger partial charge in [0.25, 0.3) is 0 Å². The van der Waals surface area contributed by atoms with Crippen LogP contribution in [0.25, 0.3) is 0 Å². The van der Waals surface area contributed by atoms with Gasteiger partial charge in [-0.2, -0.15) is 0 Å². The highest BCUT2D eigenvalue weighted by atomic mass is 16.2. The summed E-state index contributed by atoms with van der Waals surface area (Å²) in [6.07, 6.45) is 0. The standard InChI is InChI=1S/C8H15N3O2/c1-6(12)11-4-3-10-7(5-11)8(13)9-2/h7,10H,3-5H2,1-2H3,(H,9,13)/t7-/m0/s1. The quantitative estimate of drug-likeness (QED) is 0.525. The lowest BCUT2D eigenvalue weighted by Crippen LogP contribution is -2.57. The number of hydrogen-bond acceptors (Lipinski definition) is 3. The Morgan fingerprint density at radius 3 is 2.77 bits per heavy atom. The fourth-order valence-corrected chi connectivity index (χ4v) is 1.39. The molecule has 0 aromatic carbocycles. The van der Waals surface area contributed by atoms with E-state index in [1.807, 2.05) is 0 Å². The predicted octanol–water partition coefficient (Wildman–Crippen LogP) is -1.45. The second-order valence-corrected chi connectivity index (χ2v) is 3.09. The highest BCUT2D eigenvalue weighted by Crippen LogP contribution is 1.99. The Morgan fingerprint density at radius 2 is 2.23 bits per heavy atom. The molecule has 0 radical (unpaired) electrons. The number of amides is 2. The lowest BCUT2D eigenvalue weighted by Gasteiger charge is -2.31. The van der Waals surface area contributed by atoms with Gasteiger partial charge in [0.05, 0.1) is 0 Å². The van der Waals surface area contributed by atoms with Crippen molar-refractivity contribution in [2.24, 2.45) is 0 Å². The first kappa shape index (κ1) is 9.98. The lowest BCUT2D eigenvalue weighted by atomic mass is 10.2. The van der Waals surface area contributed by atoms with E-state index < -0.39 is 0 Å². The van der Waals surface area contributed by atoms with Crippen LogP contribution in [0.5, 0.6) is 0 Å². The summed E-state index contributed by atoms with van der Waals surface area (Å²) in [7, 11) is 1.59. The van der Waals surface area contributed by atoms with Gasteiger partial charge < -0.3 is 15.5 Å². The summed E-state index contributed by atoms with van der Waals surface area (Å²) in [5.74, 6) is -0.0404. The number of likely N-dealkylation sites (N-methyl/N-ethyl adjacent to an activating group) is 1. The molecule has 0 aromatic heterocycles. The normalized spacial score (nSPS) is 22.6. The van der Waals surface area contributed by atoms with Crippen molar-refractivity contribution in [3.63, 3.8) is 0 Å². The van der Waals surface area contributed by atoms with Gasteiger partial charge in [0.1, 0.15) is 6.04 Å². The molecule has 1 saturated heterocycles. The second-order valence-electron chi connectivity index (χ2n) is 3.09. The summed E-state index contributed by atoms with van der Waals surface area (Å²) in [6, 6.07) is -0.261. The van der Waals surface area contributed by atoms with Crippen LogP contribution in [0.1, 0.15) is 6.92 Å². The largest absolute Gasteiger partial charge is 0.358 e. The minimum absolute atomic E-state index is 0.0235. The molecule has 1 atom stereocenters. The number of hydrogen-bond donors (Lipinski definition) is 2. The Labute approximate surface area is 77.5 Å². The molecule has 0 bridgehead atoms. The topological polar surface area (TPSA) is 61.4 Å². The third-order valence-electron chi connectivity index (χ3n) is 2.18. The van der Waals surface area contributed by atoms with Crippen LogP contribution in [0.15, 0.2) is 0 Å². The maximum absolute atomic E-state index is 11.2. The van der Waals surface area contributed by atoms with Crippen molar-refractivity contribution in [2.45, 2.75) is 13.0 Å². The molecule has 1 fully saturated rings. The van der Waals surface area contributed by atoms with E-state index in [0.717, 1.165) is 0 Å². The van der Waals surface area contributed by atoms with E-state index >= 15 is 0 Å². The second kappa shape index (κ2) is 4.23. The molecule has 74 valence electrons. The third kappa shape index (κ3) is 2.42. The molecule has 0 spiro atoms. The maximum Gasteiger partial charge on any atom is 0.238 e. The van der Waals surface area contributed by atoms with Gasteiger partial charge in [0.2, 0.25) is 11.8 Å². The van der Waals surface area contributed by atoms with Gasteiger partial charge in [-0.25, -0.2) is 0 Å². The van der Waals surface area contributed by atoms with E-state index in [1.54, 1.807) is 11.9 Å². The Balaban J connectivity index is 2.51. The van der Waals surface area contributed by atoms with Crippen molar-refractivity contribution in [2.75, 3.05) is 26.7 Å². The zero-order chi connectivity index (χ0) is 9.84. The first-order valence-electron chi connectivity index (χ1n) is 4.35. The summed E-state index contributed by atoms with van der Waals surface area (Å²) in [4.78, 5) is 23.9. The van der Waals surface area contributed by atoms with Crippen LogP contribution in [0.2, 0.25) is 0 Å². The predicted molar refractivity (Wildman–Crippen MR) is 48.1 cm³/mol. The average Bonchev–Trinajstić information content (AvgIpc) is 2.17. The van der Waals surface area contributed by atoms with E-state index in [9.17, 15) is 9.59 Å². The van der Waals surface area contributed by atoms with Crippen LogP contribution in [0.4, 0.5) is 0 Å². The van der Waals surface area contributed by atoms with Gasteiger partial charge in [0, 0.05) is 33.6 Å². The van der Waals surface area contributed by atoms with Crippen molar-refractivity contribution in [1.82, 2.24) is 15.5 Å². The van der Waals surface area contributed by atoms with E-state index in [1.165, 1.54) is 6.92 Å². The van der Waals surface area contributed by atoms with Gasteiger partial charge in [-0.3, -0.25) is 9.59 Å². The lowest BCUT2D eigenvalue weighted by molar-refractivity contribution is -0.132. The number of carbonyl (C=O) groups is 2. The molecule has 2 N–H and O–H groups in total. The van der Waals surface area contributed by atoms with Crippen molar-refractivity contribution >= 4 is 11.8 Å². The number of nitrogens with zero attached hydrogens (tertiary/aromatic N) is 1. The van der Waals surface area contributed by atoms with E-state index in [0.29, 0.717) is 19.6 Å². The van der Waals surface area contributed by atoms with Crippen LogP contribution < -0.4 is 10.6 Å². The Bertz CT molecular complexity index is 217. The van der Waals surface area contributed by atoms with Gasteiger partial charge >= 0.3 is 0 Å². The molecule has 0 unspecified atom stereocenters. The smallest absolute Gasteiger partial charge is 0.238 e. The molecule has 5 nitrogen and oxygen atoms in total. The highest BCUT2D eigenvalue weighted by molar-refractivity contribution is 5.83. The number of rotatable bonds is 1. The summed E-state index contributed by atoms with van der Waals surface area (Å²) in [5.41, 5.74) is 0. The highest BCUT2D eigenvalue weighted by Gasteiger charge is 2.25. The van der Waals surface area contributed by atoms with Gasteiger partial charge in [-0.15, -0.1) is 0 Å². The summed E-state index contributed by atoms with van der Waals surface area (Å²) < 4.78 is 0. The van der Waals surface area contributed by atoms with Crippen molar-refractivity contribution < 1.29 is 9.59 Å². The number of nitrogens with one attached hydrogen (secondary N) is 2. The van der Waals surface area contributed by atoms with Gasteiger partial charge in [0.15, 0.2) is 0 Å². The third-order valence-corrected chi connectivity index (χ3v) is 2.18. The molecule has 1 heterocycles. The molecular formula is C8H15N3O2. The molecule has 13 heavy (non-hydrogen) atoms. The van der Waals surface area contributed by atoms with Crippen molar-refractivity contribution in [3.8, 4) is 0 Å². The maximum atomic E-state index is 11.2. The average molecular weight is 185 g/mol. The van der Waals surface area contributed by atoms with E-state index in [2.05, 4.69) is 10.6 Å². The molecular weight excluding hydrogens is 170 g/mol. The van der Waals surface area contributed by atoms with Crippen LogP contribution in [-0.4, -0.2) is 49.4 Å². The first-order valence-corrected chi connectivity index (χ1v) is 4.35. The van der Waals surface area contributed by atoms with Crippen LogP contribution in [0, 0.1) is 0 Å². The molecule has 1 rings (SSSR count). The van der Waals surface area contributed by atoms with Crippen LogP contribution >= 0.6 is 0 Å². The molecule has 1 aliphatic rings. The van der Waals surface area contributed by atoms with E-state index in [4.69, 9.17) is 0 Å². The van der Waals surface area contributed by atoms with Crippen LogP contribution in [-0.2, 0) is 9.59 Å². The van der Waals surface area contributed by atoms with Crippen LogP contribution in [0.3, 0.4) is 0 Å². The monoisotopic (exact) mass is 185 g/mol. The molecule has 1 aliphatic heterocycles. The molecule has 0 aromatic rings. The molecule has 0 saturated carbocycles. The summed E-state index contributed by atoms with van der Waals surface area (Å²) >= 11 is 0. The SMILES string of the molecule is CNC(=O)[C@@H]1CN(C(C)=O)CCN1. The molecule has 0 aliphatic carbocycles. The Kier molecular flexibility index (Phi) is 3.25. The number of piperazine rings is 1. The summed E-state index contributed by atoms with van der Waals surface area (Å²) in [5, 5.41) is 5.60. The zero-order valence-electron chi connectivity index (χ0n) is 7.96. The molecule has 2 amide bonds. The minimum atomic E-state index is -0.261. The molecule has 5 heteroatoms. The van der Waals surface area contributed by atoms with Crippen molar-refractivity contribution in [1.29, 1.82) is 0 Å². The van der Waals surface area contributed by atoms with Gasteiger partial charge in [-0.05, 0) is 0 Å². The zero-order valence-corrected chi connectivity index (χ0v) is 7.96.